The Morgan fingerprint density at radius 1 is 1.85 bits per heavy atom. The first-order valence-electron chi connectivity index (χ1n) is 3.88. The van der Waals surface area contributed by atoms with Gasteiger partial charge in [0.05, 0.1) is 6.04 Å². The molecule has 0 saturated carbocycles. The van der Waals surface area contributed by atoms with Crippen LogP contribution in [0, 0.1) is 0 Å². The van der Waals surface area contributed by atoms with Gasteiger partial charge in [-0.05, 0) is 29.3 Å². The lowest BCUT2D eigenvalue weighted by Crippen LogP contribution is -2.26. The monoisotopic (exact) mass is 200 g/mol. The zero-order chi connectivity index (χ0) is 9.68. The molecular formula is C8H12N2O2S. The van der Waals surface area contributed by atoms with Crippen LogP contribution < -0.4 is 11.2 Å². The number of hydrogen-bond donors (Lipinski definition) is 2. The van der Waals surface area contributed by atoms with Gasteiger partial charge in [-0.25, -0.2) is 0 Å². The zero-order valence-electron chi connectivity index (χ0n) is 7.32. The van der Waals surface area contributed by atoms with Crippen LogP contribution in [0.4, 0.5) is 0 Å². The Morgan fingerprint density at radius 2 is 2.62 bits per heavy atom. The average Bonchev–Trinajstić information content (AvgIpc) is 2.55. The smallest absolute Gasteiger partial charge is 0.245 e. The summed E-state index contributed by atoms with van der Waals surface area (Å²) < 4.78 is 0. The maximum absolute atomic E-state index is 10.3. The maximum Gasteiger partial charge on any atom is 0.245 e. The molecule has 4 nitrogen and oxygen atoms in total. The van der Waals surface area contributed by atoms with Crippen LogP contribution in [-0.2, 0) is 9.63 Å². The van der Waals surface area contributed by atoms with Crippen molar-refractivity contribution in [1.82, 2.24) is 5.48 Å². The number of thiophene rings is 1. The SMILES string of the molecule is CC(NOCC(N)=O)c1ccsc1. The second kappa shape index (κ2) is 4.96. The molecular weight excluding hydrogens is 188 g/mol. The molecule has 13 heavy (non-hydrogen) atoms. The summed E-state index contributed by atoms with van der Waals surface area (Å²) >= 11 is 1.62. The molecule has 72 valence electrons. The number of hydrogen-bond acceptors (Lipinski definition) is 4. The van der Waals surface area contributed by atoms with Gasteiger partial charge >= 0.3 is 0 Å². The second-order valence-corrected chi connectivity index (χ2v) is 3.43. The largest absolute Gasteiger partial charge is 0.368 e. The molecule has 0 spiro atoms. The summed E-state index contributed by atoms with van der Waals surface area (Å²) in [6, 6.07) is 2.07. The Hall–Kier alpha value is -0.910. The predicted molar refractivity (Wildman–Crippen MR) is 51.0 cm³/mol. The van der Waals surface area contributed by atoms with E-state index in [1.54, 1.807) is 11.3 Å². The third-order valence-corrected chi connectivity index (χ3v) is 2.22. The fraction of sp³-hybridized carbons (Fsp3) is 0.375. The van der Waals surface area contributed by atoms with Crippen molar-refractivity contribution in [1.29, 1.82) is 0 Å². The molecule has 0 aromatic carbocycles. The number of amides is 1. The quantitative estimate of drug-likeness (QED) is 0.691. The van der Waals surface area contributed by atoms with Gasteiger partial charge in [0.15, 0.2) is 0 Å². The van der Waals surface area contributed by atoms with Gasteiger partial charge in [0, 0.05) is 0 Å². The van der Waals surface area contributed by atoms with E-state index in [0.29, 0.717) is 0 Å². The topological polar surface area (TPSA) is 64.3 Å². The number of primary amides is 1. The van der Waals surface area contributed by atoms with E-state index in [2.05, 4.69) is 5.48 Å². The highest BCUT2D eigenvalue weighted by molar-refractivity contribution is 7.07. The first-order chi connectivity index (χ1) is 6.20. The van der Waals surface area contributed by atoms with Crippen LogP contribution in [0.5, 0.6) is 0 Å². The number of hydroxylamine groups is 1. The van der Waals surface area contributed by atoms with Crippen molar-refractivity contribution < 1.29 is 9.63 Å². The molecule has 0 aliphatic heterocycles. The van der Waals surface area contributed by atoms with E-state index in [4.69, 9.17) is 10.6 Å². The standard InChI is InChI=1S/C8H12N2O2S/c1-6(7-2-3-13-5-7)10-12-4-8(9)11/h2-3,5-6,10H,4H2,1H3,(H2,9,11). The number of rotatable bonds is 5. The van der Waals surface area contributed by atoms with Crippen LogP contribution in [-0.4, -0.2) is 12.5 Å². The van der Waals surface area contributed by atoms with Crippen LogP contribution in [0.2, 0.25) is 0 Å². The fourth-order valence-corrected chi connectivity index (χ4v) is 1.58. The third kappa shape index (κ3) is 3.54. The van der Waals surface area contributed by atoms with Crippen LogP contribution in [0.3, 0.4) is 0 Å². The summed E-state index contributed by atoms with van der Waals surface area (Å²) in [5, 5.41) is 4.01. The zero-order valence-corrected chi connectivity index (χ0v) is 8.14. The summed E-state index contributed by atoms with van der Waals surface area (Å²) in [6.07, 6.45) is 0. The highest BCUT2D eigenvalue weighted by Crippen LogP contribution is 2.14. The molecule has 3 N–H and O–H groups in total. The Morgan fingerprint density at radius 3 is 3.15 bits per heavy atom. The van der Waals surface area contributed by atoms with E-state index in [9.17, 15) is 4.79 Å². The van der Waals surface area contributed by atoms with Crippen molar-refractivity contribution in [2.75, 3.05) is 6.61 Å². The van der Waals surface area contributed by atoms with Crippen LogP contribution in [0.15, 0.2) is 16.8 Å². The molecule has 5 heteroatoms. The summed E-state index contributed by atoms with van der Waals surface area (Å²) in [5.74, 6) is -0.481. The highest BCUT2D eigenvalue weighted by atomic mass is 32.1. The van der Waals surface area contributed by atoms with Crippen molar-refractivity contribution in [2.24, 2.45) is 5.73 Å². The Bertz CT molecular complexity index is 261. The van der Waals surface area contributed by atoms with Crippen molar-refractivity contribution in [3.8, 4) is 0 Å². The minimum Gasteiger partial charge on any atom is -0.368 e. The molecule has 1 amide bonds. The summed E-state index contributed by atoms with van der Waals surface area (Å²) in [7, 11) is 0. The molecule has 1 rings (SSSR count). The average molecular weight is 200 g/mol. The molecule has 0 radical (unpaired) electrons. The fourth-order valence-electron chi connectivity index (χ4n) is 0.827. The van der Waals surface area contributed by atoms with E-state index in [1.807, 2.05) is 23.8 Å². The molecule has 0 fully saturated rings. The second-order valence-electron chi connectivity index (χ2n) is 2.65. The number of nitrogens with one attached hydrogen (secondary N) is 1. The molecule has 1 heterocycles. The van der Waals surface area contributed by atoms with Crippen LogP contribution >= 0.6 is 11.3 Å². The lowest BCUT2D eigenvalue weighted by atomic mass is 10.2. The van der Waals surface area contributed by atoms with Gasteiger partial charge in [-0.1, -0.05) is 0 Å². The van der Waals surface area contributed by atoms with Gasteiger partial charge < -0.3 is 5.73 Å². The van der Waals surface area contributed by atoms with Crippen LogP contribution in [0.25, 0.3) is 0 Å². The maximum atomic E-state index is 10.3. The van der Waals surface area contributed by atoms with E-state index in [1.165, 1.54) is 0 Å². The van der Waals surface area contributed by atoms with Crippen molar-refractivity contribution >= 4 is 17.2 Å². The Labute approximate surface area is 80.7 Å². The van der Waals surface area contributed by atoms with E-state index < -0.39 is 5.91 Å². The number of carbonyl (C=O) groups is 1. The third-order valence-electron chi connectivity index (χ3n) is 1.52. The first-order valence-corrected chi connectivity index (χ1v) is 4.82. The van der Waals surface area contributed by atoms with Gasteiger partial charge in [-0.15, -0.1) is 0 Å². The van der Waals surface area contributed by atoms with Crippen molar-refractivity contribution in [3.63, 3.8) is 0 Å². The molecule has 0 bridgehead atoms. The first kappa shape index (κ1) is 10.2. The van der Waals surface area contributed by atoms with E-state index >= 15 is 0 Å². The molecule has 0 saturated heterocycles. The molecule has 0 aliphatic carbocycles. The van der Waals surface area contributed by atoms with E-state index in [0.717, 1.165) is 5.56 Å². The Kier molecular flexibility index (Phi) is 3.88. The lowest BCUT2D eigenvalue weighted by Gasteiger charge is -2.10. The summed E-state index contributed by atoms with van der Waals surface area (Å²) in [4.78, 5) is 15.2. The van der Waals surface area contributed by atoms with Gasteiger partial charge in [-0.3, -0.25) is 9.63 Å². The van der Waals surface area contributed by atoms with Gasteiger partial charge in [0.25, 0.3) is 0 Å². The number of carbonyl (C=O) groups excluding carboxylic acids is 1. The number of nitrogens with two attached hydrogens (primary N) is 1. The molecule has 1 unspecified atom stereocenters. The van der Waals surface area contributed by atoms with Gasteiger partial charge in [0.1, 0.15) is 6.61 Å². The predicted octanol–water partition coefficient (Wildman–Crippen LogP) is 0.816. The molecule has 1 atom stereocenters. The minimum atomic E-state index is -0.481. The van der Waals surface area contributed by atoms with Gasteiger partial charge in [-0.2, -0.15) is 16.8 Å². The molecule has 0 aliphatic rings. The molecule has 1 aromatic rings. The summed E-state index contributed by atoms with van der Waals surface area (Å²) in [6.45, 7) is 1.84. The van der Waals surface area contributed by atoms with E-state index in [-0.39, 0.29) is 12.6 Å². The summed E-state index contributed by atoms with van der Waals surface area (Å²) in [5.41, 5.74) is 8.75. The minimum absolute atomic E-state index is 0.0746. The van der Waals surface area contributed by atoms with Crippen LogP contribution in [0.1, 0.15) is 18.5 Å². The highest BCUT2D eigenvalue weighted by Gasteiger charge is 2.05. The normalized spacial score (nSPS) is 12.7. The van der Waals surface area contributed by atoms with Gasteiger partial charge in [0.2, 0.25) is 5.91 Å². The van der Waals surface area contributed by atoms with Crippen molar-refractivity contribution in [3.05, 3.63) is 22.4 Å². The molecule has 1 aromatic heterocycles. The lowest BCUT2D eigenvalue weighted by molar-refractivity contribution is -0.126. The van der Waals surface area contributed by atoms with Crippen molar-refractivity contribution in [2.45, 2.75) is 13.0 Å². The Balaban J connectivity index is 2.26.